The molecule has 0 aromatic heterocycles. The first-order valence-corrected chi connectivity index (χ1v) is 6.87. The second-order valence-corrected chi connectivity index (χ2v) is 5.71. The molecule has 0 spiro atoms. The first-order chi connectivity index (χ1) is 9.38. The number of carbonyl (C=O) groups excluding carboxylic acids is 1. The summed E-state index contributed by atoms with van der Waals surface area (Å²) in [4.78, 5) is 14.3. The van der Waals surface area contributed by atoms with E-state index in [0.29, 0.717) is 10.9 Å². The normalized spacial score (nSPS) is 11.6. The van der Waals surface area contributed by atoms with E-state index in [9.17, 15) is 9.90 Å². The Morgan fingerprint density at radius 1 is 1.20 bits per heavy atom. The van der Waals surface area contributed by atoms with Crippen LogP contribution in [-0.4, -0.2) is 28.5 Å². The lowest BCUT2D eigenvalue weighted by atomic mass is 9.97. The van der Waals surface area contributed by atoms with Gasteiger partial charge in [0.25, 0.3) is 5.91 Å². The highest BCUT2D eigenvalue weighted by atomic mass is 16.3. The molecule has 2 aromatic rings. The fourth-order valence-electron chi connectivity index (χ4n) is 2.12. The lowest BCUT2D eigenvalue weighted by molar-refractivity contribution is 0.0617. The molecule has 0 saturated carbocycles. The Hall–Kier alpha value is -2.03. The Kier molecular flexibility index (Phi) is 3.71. The van der Waals surface area contributed by atoms with E-state index in [1.54, 1.807) is 18.0 Å². The van der Waals surface area contributed by atoms with Crippen LogP contribution in [0.15, 0.2) is 36.4 Å². The molecular weight excluding hydrogens is 250 g/mol. The second kappa shape index (κ2) is 5.16. The summed E-state index contributed by atoms with van der Waals surface area (Å²) in [5.74, 6) is -0.0908. The van der Waals surface area contributed by atoms with Crippen LogP contribution in [0.1, 0.15) is 37.6 Å². The minimum atomic E-state index is -0.241. The van der Waals surface area contributed by atoms with Crippen molar-refractivity contribution in [3.8, 4) is 5.75 Å². The van der Waals surface area contributed by atoms with E-state index < -0.39 is 0 Å². The number of carbonyl (C=O) groups is 1. The lowest BCUT2D eigenvalue weighted by Crippen LogP contribution is -2.44. The van der Waals surface area contributed by atoms with Crippen molar-refractivity contribution in [2.45, 2.75) is 32.7 Å². The van der Waals surface area contributed by atoms with Crippen LogP contribution in [0.4, 0.5) is 0 Å². The standard InChI is InChI=1S/C17H21NO2/c1-5-17(2,3)18(4)16(20)14-11-10-12-8-6-7-9-13(12)15(14)19/h6-11,19H,5H2,1-4H3. The molecule has 1 amide bonds. The number of hydrogen-bond donors (Lipinski definition) is 1. The molecule has 0 fully saturated rings. The van der Waals surface area contributed by atoms with Crippen molar-refractivity contribution in [1.82, 2.24) is 4.90 Å². The first kappa shape index (κ1) is 14.4. The third-order valence-corrected chi connectivity index (χ3v) is 4.21. The fourth-order valence-corrected chi connectivity index (χ4v) is 2.12. The smallest absolute Gasteiger partial charge is 0.257 e. The number of amides is 1. The number of nitrogens with zero attached hydrogens (tertiary/aromatic N) is 1. The van der Waals surface area contributed by atoms with Gasteiger partial charge in [-0.3, -0.25) is 4.79 Å². The molecular formula is C17H21NO2. The van der Waals surface area contributed by atoms with Crippen molar-refractivity contribution in [2.24, 2.45) is 0 Å². The summed E-state index contributed by atoms with van der Waals surface area (Å²) >= 11 is 0. The average molecular weight is 271 g/mol. The van der Waals surface area contributed by atoms with Gasteiger partial charge in [-0.05, 0) is 31.7 Å². The Bertz CT molecular complexity index is 646. The van der Waals surface area contributed by atoms with Crippen LogP contribution in [0.5, 0.6) is 5.75 Å². The van der Waals surface area contributed by atoms with E-state index in [-0.39, 0.29) is 17.2 Å². The molecule has 106 valence electrons. The number of aromatic hydroxyl groups is 1. The van der Waals surface area contributed by atoms with Gasteiger partial charge in [0.2, 0.25) is 0 Å². The number of phenols is 1. The Labute approximate surface area is 119 Å². The van der Waals surface area contributed by atoms with Crippen LogP contribution in [0.2, 0.25) is 0 Å². The molecule has 0 radical (unpaired) electrons. The Morgan fingerprint density at radius 2 is 1.85 bits per heavy atom. The van der Waals surface area contributed by atoms with Gasteiger partial charge in [0.15, 0.2) is 0 Å². The second-order valence-electron chi connectivity index (χ2n) is 5.71. The molecule has 3 heteroatoms. The lowest BCUT2D eigenvalue weighted by Gasteiger charge is -2.35. The van der Waals surface area contributed by atoms with E-state index in [1.807, 2.05) is 51.1 Å². The van der Waals surface area contributed by atoms with Crippen LogP contribution in [0.25, 0.3) is 10.8 Å². The molecule has 0 bridgehead atoms. The minimum absolute atomic E-state index is 0.0619. The highest BCUT2D eigenvalue weighted by Gasteiger charge is 2.28. The third-order valence-electron chi connectivity index (χ3n) is 4.21. The molecule has 0 atom stereocenters. The number of hydrogen-bond acceptors (Lipinski definition) is 2. The van der Waals surface area contributed by atoms with E-state index in [4.69, 9.17) is 0 Å². The number of benzene rings is 2. The van der Waals surface area contributed by atoms with Crippen molar-refractivity contribution >= 4 is 16.7 Å². The molecule has 3 nitrogen and oxygen atoms in total. The van der Waals surface area contributed by atoms with Crippen LogP contribution in [-0.2, 0) is 0 Å². The highest BCUT2D eigenvalue weighted by Crippen LogP contribution is 2.30. The zero-order valence-electron chi connectivity index (χ0n) is 12.5. The summed E-state index contributed by atoms with van der Waals surface area (Å²) in [6.45, 7) is 6.08. The Morgan fingerprint density at radius 3 is 2.50 bits per heavy atom. The van der Waals surface area contributed by atoms with Gasteiger partial charge < -0.3 is 10.0 Å². The number of phenolic OH excluding ortho intramolecular Hbond substituents is 1. The Balaban J connectivity index is 2.48. The quantitative estimate of drug-likeness (QED) is 0.922. The van der Waals surface area contributed by atoms with Gasteiger partial charge in [-0.25, -0.2) is 0 Å². The summed E-state index contributed by atoms with van der Waals surface area (Å²) in [5, 5.41) is 12.0. The van der Waals surface area contributed by atoms with Gasteiger partial charge in [0, 0.05) is 18.0 Å². The number of rotatable bonds is 3. The largest absolute Gasteiger partial charge is 0.506 e. The summed E-state index contributed by atoms with van der Waals surface area (Å²) in [5.41, 5.74) is 0.113. The third kappa shape index (κ3) is 2.36. The zero-order valence-corrected chi connectivity index (χ0v) is 12.5. The fraction of sp³-hybridized carbons (Fsp3) is 0.353. The maximum absolute atomic E-state index is 12.6. The topological polar surface area (TPSA) is 40.5 Å². The molecule has 2 aromatic carbocycles. The number of fused-ring (bicyclic) bond motifs is 1. The van der Waals surface area contributed by atoms with Gasteiger partial charge in [-0.1, -0.05) is 37.3 Å². The van der Waals surface area contributed by atoms with Gasteiger partial charge in [-0.15, -0.1) is 0 Å². The molecule has 0 aliphatic heterocycles. The molecule has 0 aliphatic rings. The van der Waals surface area contributed by atoms with Crippen molar-refractivity contribution in [2.75, 3.05) is 7.05 Å². The zero-order chi connectivity index (χ0) is 14.9. The van der Waals surface area contributed by atoms with Gasteiger partial charge >= 0.3 is 0 Å². The van der Waals surface area contributed by atoms with Gasteiger partial charge in [0.1, 0.15) is 5.75 Å². The average Bonchev–Trinajstić information content (AvgIpc) is 2.46. The predicted octanol–water partition coefficient (Wildman–Crippen LogP) is 3.81. The van der Waals surface area contributed by atoms with Crippen LogP contribution in [0.3, 0.4) is 0 Å². The van der Waals surface area contributed by atoms with E-state index in [2.05, 4.69) is 0 Å². The molecule has 2 rings (SSSR count). The predicted molar refractivity (Wildman–Crippen MR) is 82.1 cm³/mol. The van der Waals surface area contributed by atoms with Crippen molar-refractivity contribution in [1.29, 1.82) is 0 Å². The van der Waals surface area contributed by atoms with E-state index in [1.165, 1.54) is 0 Å². The molecule has 0 heterocycles. The summed E-state index contributed by atoms with van der Waals surface area (Å²) in [6.07, 6.45) is 0.851. The van der Waals surface area contributed by atoms with E-state index >= 15 is 0 Å². The van der Waals surface area contributed by atoms with Crippen molar-refractivity contribution < 1.29 is 9.90 Å². The SMILES string of the molecule is CCC(C)(C)N(C)C(=O)c1ccc2ccccc2c1O. The van der Waals surface area contributed by atoms with Crippen LogP contribution < -0.4 is 0 Å². The minimum Gasteiger partial charge on any atom is -0.506 e. The maximum Gasteiger partial charge on any atom is 0.257 e. The first-order valence-electron chi connectivity index (χ1n) is 6.87. The highest BCUT2D eigenvalue weighted by molar-refractivity contribution is 6.03. The maximum atomic E-state index is 12.6. The summed E-state index contributed by atoms with van der Waals surface area (Å²) in [6, 6.07) is 11.1. The van der Waals surface area contributed by atoms with Gasteiger partial charge in [-0.2, -0.15) is 0 Å². The molecule has 20 heavy (non-hydrogen) atoms. The van der Waals surface area contributed by atoms with Crippen molar-refractivity contribution in [3.63, 3.8) is 0 Å². The summed E-state index contributed by atoms with van der Waals surface area (Å²) in [7, 11) is 1.78. The molecule has 0 saturated heterocycles. The molecule has 0 unspecified atom stereocenters. The van der Waals surface area contributed by atoms with Gasteiger partial charge in [0.05, 0.1) is 5.56 Å². The van der Waals surface area contributed by atoms with Crippen LogP contribution >= 0.6 is 0 Å². The van der Waals surface area contributed by atoms with Crippen LogP contribution in [0, 0.1) is 0 Å². The molecule has 0 aliphatic carbocycles. The van der Waals surface area contributed by atoms with E-state index in [0.717, 1.165) is 11.8 Å². The summed E-state index contributed by atoms with van der Waals surface area (Å²) < 4.78 is 0. The molecule has 1 N–H and O–H groups in total. The monoisotopic (exact) mass is 271 g/mol. The van der Waals surface area contributed by atoms with Crippen molar-refractivity contribution in [3.05, 3.63) is 42.0 Å².